The Hall–Kier alpha value is -2.25. The number of ether oxygens (including phenoxy) is 4. The van der Waals surface area contributed by atoms with Crippen LogP contribution in [0.1, 0.15) is 226 Å². The van der Waals surface area contributed by atoms with Gasteiger partial charge in [-0.3, -0.25) is 38.2 Å². The summed E-state index contributed by atoms with van der Waals surface area (Å²) in [5.74, 6) is -2.74. The van der Waals surface area contributed by atoms with E-state index in [2.05, 4.69) is 24.5 Å². The van der Waals surface area contributed by atoms with E-state index in [1.807, 2.05) is 0 Å². The van der Waals surface area contributed by atoms with Crippen molar-refractivity contribution in [3.63, 3.8) is 0 Å². The van der Waals surface area contributed by atoms with Crippen molar-refractivity contribution in [1.29, 1.82) is 0 Å². The van der Waals surface area contributed by atoms with Gasteiger partial charge in [-0.05, 0) is 12.8 Å². The van der Waals surface area contributed by atoms with Gasteiger partial charge in [0.05, 0.1) is 33.0 Å². The number of unbranched alkanes of at least 4 members (excludes halogenated alkanes) is 28. The Bertz CT molecular complexity index is 1490. The number of phosphoric acid groups is 1. The normalized spacial score (nSPS) is 13.3. The van der Waals surface area contributed by atoms with Gasteiger partial charge in [0, 0.05) is 51.0 Å². The number of imide groups is 1. The standard InChI is InChI=1S/C54H98N3O14P.H3N.Na/c1-3-5-7-9-11-13-15-17-19-21-23-25-27-29-31-33-53(62)68-45-48(71-54(63)34-32-30-28-26-24-22-20-18-16-14-12-10-8-6-4-2)46-70-72(64,65)69-42-39-56-50(59)47-67-44-43-66-41-38-55-49(58)37-40-57-51(60)35-36-52(57)61;;/h35-36,48H,3-34,37-47H2,1-2H3,(H,55,58)(H,56,59)(H,64,65);1H3;/q;;+1/p-1/t48-;;/m1../s1. The molecule has 0 radical (unpaired) electrons. The molecule has 0 bridgehead atoms. The summed E-state index contributed by atoms with van der Waals surface area (Å²) in [6, 6.07) is 0. The van der Waals surface area contributed by atoms with Gasteiger partial charge in [0.25, 0.3) is 19.6 Å². The summed E-state index contributed by atoms with van der Waals surface area (Å²) in [6.45, 7) is 3.19. The summed E-state index contributed by atoms with van der Waals surface area (Å²) in [7, 11) is -4.90. The second kappa shape index (κ2) is 52.8. The van der Waals surface area contributed by atoms with Crippen LogP contribution in [-0.4, -0.2) is 112 Å². The number of carbonyl (C=O) groups is 6. The zero-order valence-corrected chi connectivity index (χ0v) is 49.3. The summed E-state index contributed by atoms with van der Waals surface area (Å²) in [5.41, 5.74) is 0. The van der Waals surface area contributed by atoms with Crippen LogP contribution >= 0.6 is 7.82 Å². The molecule has 18 nitrogen and oxygen atoms in total. The van der Waals surface area contributed by atoms with Gasteiger partial charge in [-0.2, -0.15) is 0 Å². The molecule has 0 aromatic rings. The van der Waals surface area contributed by atoms with Crippen molar-refractivity contribution in [2.24, 2.45) is 0 Å². The Labute approximate surface area is 468 Å². The number of esters is 2. The summed E-state index contributed by atoms with van der Waals surface area (Å²) in [5, 5.41) is 5.09. The zero-order valence-electron chi connectivity index (χ0n) is 46.5. The van der Waals surface area contributed by atoms with Gasteiger partial charge in [0.2, 0.25) is 11.8 Å². The molecule has 0 saturated carbocycles. The third-order valence-corrected chi connectivity index (χ3v) is 13.4. The van der Waals surface area contributed by atoms with Gasteiger partial charge in [0.15, 0.2) is 6.10 Å². The minimum Gasteiger partial charge on any atom is -0.756 e. The van der Waals surface area contributed by atoms with Gasteiger partial charge in [0.1, 0.15) is 13.2 Å². The Morgan fingerprint density at radius 3 is 1.41 bits per heavy atom. The maximum Gasteiger partial charge on any atom is 1.00 e. The third kappa shape index (κ3) is 47.0. The molecule has 20 heteroatoms. The van der Waals surface area contributed by atoms with Crippen LogP contribution in [0.2, 0.25) is 0 Å². The van der Waals surface area contributed by atoms with Crippen LogP contribution in [0.4, 0.5) is 0 Å². The average Bonchev–Trinajstić information content (AvgIpc) is 3.68. The topological polar surface area (TPSA) is 260 Å². The van der Waals surface area contributed by atoms with Crippen molar-refractivity contribution < 1.29 is 95.8 Å². The Kier molecular flexibility index (Phi) is 52.7. The maximum atomic E-state index is 12.8. The van der Waals surface area contributed by atoms with Crippen molar-refractivity contribution in [3.05, 3.63) is 12.2 Å². The minimum absolute atomic E-state index is 0. The van der Waals surface area contributed by atoms with E-state index in [1.165, 1.54) is 141 Å². The van der Waals surface area contributed by atoms with E-state index in [-0.39, 0.29) is 114 Å². The van der Waals surface area contributed by atoms with Crippen molar-refractivity contribution in [3.8, 4) is 0 Å². The summed E-state index contributed by atoms with van der Waals surface area (Å²) in [6.07, 6.45) is 37.7. The first-order valence-electron chi connectivity index (χ1n) is 28.1. The molecule has 4 amide bonds. The number of nitrogens with one attached hydrogen (secondary N) is 2. The fourth-order valence-corrected chi connectivity index (χ4v) is 8.85. The predicted octanol–water partition coefficient (Wildman–Crippen LogP) is 7.21. The predicted molar refractivity (Wildman–Crippen MR) is 283 cm³/mol. The van der Waals surface area contributed by atoms with Crippen LogP contribution < -0.4 is 51.2 Å². The second-order valence-corrected chi connectivity index (χ2v) is 20.5. The molecule has 1 unspecified atom stereocenters. The van der Waals surface area contributed by atoms with E-state index in [0.29, 0.717) is 12.8 Å². The first kappa shape index (κ1) is 73.8. The molecule has 0 fully saturated rings. The molecule has 5 N–H and O–H groups in total. The Morgan fingerprint density at radius 1 is 0.527 bits per heavy atom. The summed E-state index contributed by atoms with van der Waals surface area (Å²) in [4.78, 5) is 86.2. The number of hydrogen-bond donors (Lipinski definition) is 3. The second-order valence-electron chi connectivity index (χ2n) is 19.0. The zero-order chi connectivity index (χ0) is 52.6. The number of amides is 4. The number of hydrogen-bond acceptors (Lipinski definition) is 15. The molecule has 1 aliphatic heterocycles. The number of phosphoric ester groups is 1. The summed E-state index contributed by atoms with van der Waals surface area (Å²) >= 11 is 0. The van der Waals surface area contributed by atoms with E-state index in [1.54, 1.807) is 0 Å². The largest absolute Gasteiger partial charge is 1.00 e. The first-order chi connectivity index (χ1) is 35.0. The van der Waals surface area contributed by atoms with Gasteiger partial charge in [-0.25, -0.2) is 0 Å². The molecular formula is C54H100N4NaO14P. The van der Waals surface area contributed by atoms with Gasteiger partial charge < -0.3 is 49.7 Å². The maximum absolute atomic E-state index is 12.8. The Morgan fingerprint density at radius 2 is 0.932 bits per heavy atom. The van der Waals surface area contributed by atoms with Crippen molar-refractivity contribution in [1.82, 2.24) is 21.7 Å². The molecule has 0 saturated heterocycles. The van der Waals surface area contributed by atoms with Gasteiger partial charge in [-0.15, -0.1) is 0 Å². The monoisotopic (exact) mass is 1080 g/mol. The van der Waals surface area contributed by atoms with E-state index < -0.39 is 56.8 Å². The molecule has 0 spiro atoms. The van der Waals surface area contributed by atoms with Gasteiger partial charge >= 0.3 is 41.5 Å². The minimum atomic E-state index is -4.90. The van der Waals surface area contributed by atoms with Crippen molar-refractivity contribution >= 4 is 43.4 Å². The molecule has 1 rings (SSSR count). The van der Waals surface area contributed by atoms with Crippen molar-refractivity contribution in [2.45, 2.75) is 232 Å². The smallest absolute Gasteiger partial charge is 0.756 e. The fourth-order valence-electron chi connectivity index (χ4n) is 8.11. The molecular weight excluding hydrogens is 983 g/mol. The van der Waals surface area contributed by atoms with Crippen LogP contribution in [0.5, 0.6) is 0 Å². The van der Waals surface area contributed by atoms with Crippen molar-refractivity contribution in [2.75, 3.05) is 65.9 Å². The Balaban J connectivity index is 0. The van der Waals surface area contributed by atoms with Crippen LogP contribution in [0.15, 0.2) is 12.2 Å². The molecule has 426 valence electrons. The van der Waals surface area contributed by atoms with Crippen LogP contribution in [0.3, 0.4) is 0 Å². The fraction of sp³-hybridized carbons (Fsp3) is 0.852. The number of nitrogens with zero attached hydrogens (tertiary/aromatic N) is 1. The van der Waals surface area contributed by atoms with E-state index in [4.69, 9.17) is 28.0 Å². The van der Waals surface area contributed by atoms with Gasteiger partial charge in [-0.1, -0.05) is 194 Å². The van der Waals surface area contributed by atoms with E-state index >= 15 is 0 Å². The average molecular weight is 1080 g/mol. The molecule has 2 atom stereocenters. The molecule has 1 aliphatic rings. The van der Waals surface area contributed by atoms with E-state index in [9.17, 15) is 38.2 Å². The third-order valence-electron chi connectivity index (χ3n) is 12.4. The summed E-state index contributed by atoms with van der Waals surface area (Å²) < 4.78 is 44.1. The van der Waals surface area contributed by atoms with E-state index in [0.717, 1.165) is 55.6 Å². The molecule has 0 aromatic heterocycles. The molecule has 1 heterocycles. The van der Waals surface area contributed by atoms with Crippen LogP contribution in [-0.2, 0) is 61.3 Å². The quantitative estimate of drug-likeness (QED) is 0.0179. The van der Waals surface area contributed by atoms with Crippen LogP contribution in [0.25, 0.3) is 0 Å². The molecule has 0 aliphatic carbocycles. The molecule has 74 heavy (non-hydrogen) atoms. The SMILES string of the molecule is CCCCCCCCCCCCCCCCCC(=O)OC[C@H](COP(=O)([O-])OCCNC(=O)COCCOCCNC(=O)CCN1C(=O)C=CC1=O)OC(=O)CCCCCCCCCCCCCCCCC.N.[Na+]. The molecule has 0 aromatic carbocycles. The van der Waals surface area contributed by atoms with Crippen LogP contribution in [0, 0.1) is 0 Å². The number of rotatable bonds is 53. The first-order valence-corrected chi connectivity index (χ1v) is 29.6. The number of carbonyl (C=O) groups excluding carboxylic acids is 6.